The number of hydrogen-bond donors (Lipinski definition) is 1. The standard InChI is InChI=1S/C13H22N2O3/c1-8-4-10(8)6-14(3)13(18)15-5-9(2)11(7-15)12(16)17/h8-11H,4-7H2,1-3H3,(H,16,17). The van der Waals surface area contributed by atoms with Crippen LogP contribution in [0.4, 0.5) is 4.79 Å². The molecule has 0 aromatic rings. The van der Waals surface area contributed by atoms with Gasteiger partial charge in [-0.25, -0.2) is 4.79 Å². The van der Waals surface area contributed by atoms with E-state index in [0.717, 1.165) is 12.5 Å². The molecule has 0 aromatic heterocycles. The number of aliphatic carboxylic acids is 1. The van der Waals surface area contributed by atoms with Gasteiger partial charge in [-0.1, -0.05) is 13.8 Å². The van der Waals surface area contributed by atoms with Crippen molar-refractivity contribution in [3.63, 3.8) is 0 Å². The van der Waals surface area contributed by atoms with Crippen LogP contribution in [0.3, 0.4) is 0 Å². The number of carboxylic acids is 1. The van der Waals surface area contributed by atoms with E-state index in [9.17, 15) is 9.59 Å². The second-order valence-corrected chi connectivity index (χ2v) is 5.96. The topological polar surface area (TPSA) is 60.9 Å². The summed E-state index contributed by atoms with van der Waals surface area (Å²) in [5.41, 5.74) is 0. The van der Waals surface area contributed by atoms with Crippen molar-refractivity contribution in [3.8, 4) is 0 Å². The first-order valence-corrected chi connectivity index (χ1v) is 6.63. The summed E-state index contributed by atoms with van der Waals surface area (Å²) in [6.45, 7) is 5.79. The first-order chi connectivity index (χ1) is 8.40. The lowest BCUT2D eigenvalue weighted by Gasteiger charge is -2.24. The second kappa shape index (κ2) is 4.78. The van der Waals surface area contributed by atoms with Gasteiger partial charge in [-0.15, -0.1) is 0 Å². The maximum Gasteiger partial charge on any atom is 0.319 e. The molecule has 1 saturated heterocycles. The normalized spacial score (nSPS) is 34.5. The van der Waals surface area contributed by atoms with Crippen molar-refractivity contribution in [1.29, 1.82) is 0 Å². The quantitative estimate of drug-likeness (QED) is 0.827. The molecule has 102 valence electrons. The van der Waals surface area contributed by atoms with E-state index in [4.69, 9.17) is 5.11 Å². The number of hydrogen-bond acceptors (Lipinski definition) is 2. The molecule has 1 aliphatic carbocycles. The predicted octanol–water partition coefficient (Wildman–Crippen LogP) is 1.35. The molecule has 1 heterocycles. The molecule has 18 heavy (non-hydrogen) atoms. The molecule has 2 rings (SSSR count). The van der Waals surface area contributed by atoms with E-state index in [-0.39, 0.29) is 11.9 Å². The highest BCUT2D eigenvalue weighted by atomic mass is 16.4. The molecular weight excluding hydrogens is 232 g/mol. The van der Waals surface area contributed by atoms with Gasteiger partial charge in [-0.2, -0.15) is 0 Å². The highest BCUT2D eigenvalue weighted by molar-refractivity contribution is 5.77. The summed E-state index contributed by atoms with van der Waals surface area (Å²) < 4.78 is 0. The van der Waals surface area contributed by atoms with Crippen molar-refractivity contribution in [2.24, 2.45) is 23.7 Å². The number of urea groups is 1. The molecule has 5 nitrogen and oxygen atoms in total. The Balaban J connectivity index is 1.88. The SMILES string of the molecule is CC1CC1CN(C)C(=O)N1CC(C)C(C(=O)O)C1. The molecular formula is C13H22N2O3. The van der Waals surface area contributed by atoms with Crippen LogP contribution in [-0.4, -0.2) is 53.6 Å². The maximum atomic E-state index is 12.2. The molecule has 4 atom stereocenters. The minimum absolute atomic E-state index is 0.0234. The molecule has 2 fully saturated rings. The Hall–Kier alpha value is -1.26. The summed E-state index contributed by atoms with van der Waals surface area (Å²) in [7, 11) is 1.81. The highest BCUT2D eigenvalue weighted by Gasteiger charge is 2.39. The number of nitrogens with zero attached hydrogens (tertiary/aromatic N) is 2. The van der Waals surface area contributed by atoms with Gasteiger partial charge in [0, 0.05) is 26.7 Å². The van der Waals surface area contributed by atoms with Crippen molar-refractivity contribution in [3.05, 3.63) is 0 Å². The van der Waals surface area contributed by atoms with E-state index >= 15 is 0 Å². The van der Waals surface area contributed by atoms with Gasteiger partial charge in [0.1, 0.15) is 0 Å². The summed E-state index contributed by atoms with van der Waals surface area (Å²) in [5.74, 6) is 0.192. The number of carboxylic acid groups (broad SMARTS) is 1. The Morgan fingerprint density at radius 3 is 2.33 bits per heavy atom. The smallest absolute Gasteiger partial charge is 0.319 e. The maximum absolute atomic E-state index is 12.2. The van der Waals surface area contributed by atoms with Gasteiger partial charge in [0.25, 0.3) is 0 Å². The minimum atomic E-state index is -0.795. The third kappa shape index (κ3) is 2.60. The van der Waals surface area contributed by atoms with Crippen molar-refractivity contribution in [2.75, 3.05) is 26.7 Å². The number of rotatable bonds is 3. The summed E-state index contributed by atoms with van der Waals surface area (Å²) in [6.07, 6.45) is 1.20. The van der Waals surface area contributed by atoms with Gasteiger partial charge in [-0.3, -0.25) is 4.79 Å². The first-order valence-electron chi connectivity index (χ1n) is 6.63. The average Bonchev–Trinajstić information content (AvgIpc) is 2.83. The van der Waals surface area contributed by atoms with E-state index in [1.807, 2.05) is 14.0 Å². The van der Waals surface area contributed by atoms with Crippen LogP contribution in [0.2, 0.25) is 0 Å². The predicted molar refractivity (Wildman–Crippen MR) is 67.2 cm³/mol. The number of carbonyl (C=O) groups is 2. The Bertz CT molecular complexity index is 358. The molecule has 0 spiro atoms. The summed E-state index contributed by atoms with van der Waals surface area (Å²) >= 11 is 0. The highest BCUT2D eigenvalue weighted by Crippen LogP contribution is 2.38. The fourth-order valence-electron chi connectivity index (χ4n) is 2.77. The van der Waals surface area contributed by atoms with Gasteiger partial charge in [0.05, 0.1) is 5.92 Å². The molecule has 1 N–H and O–H groups in total. The van der Waals surface area contributed by atoms with Crippen LogP contribution in [0.25, 0.3) is 0 Å². The molecule has 5 heteroatoms. The molecule has 1 aliphatic heterocycles. The zero-order valence-corrected chi connectivity index (χ0v) is 11.3. The Labute approximate surface area is 108 Å². The fraction of sp³-hybridized carbons (Fsp3) is 0.846. The van der Waals surface area contributed by atoms with Crippen molar-refractivity contribution in [1.82, 2.24) is 9.80 Å². The average molecular weight is 254 g/mol. The second-order valence-electron chi connectivity index (χ2n) is 5.96. The summed E-state index contributed by atoms with van der Waals surface area (Å²) in [4.78, 5) is 26.6. The summed E-state index contributed by atoms with van der Waals surface area (Å²) in [6, 6.07) is -0.0234. The lowest BCUT2D eigenvalue weighted by atomic mass is 9.99. The van der Waals surface area contributed by atoms with Gasteiger partial charge in [0.2, 0.25) is 0 Å². The lowest BCUT2D eigenvalue weighted by molar-refractivity contribution is -0.142. The molecule has 0 bridgehead atoms. The van der Waals surface area contributed by atoms with Gasteiger partial charge >= 0.3 is 12.0 Å². The third-order valence-electron chi connectivity index (χ3n) is 4.31. The van der Waals surface area contributed by atoms with Crippen LogP contribution in [0.15, 0.2) is 0 Å². The van der Waals surface area contributed by atoms with Crippen molar-refractivity contribution in [2.45, 2.75) is 20.3 Å². The van der Waals surface area contributed by atoms with Crippen LogP contribution in [-0.2, 0) is 4.79 Å². The van der Waals surface area contributed by atoms with Crippen LogP contribution < -0.4 is 0 Å². The van der Waals surface area contributed by atoms with Gasteiger partial charge < -0.3 is 14.9 Å². The van der Waals surface area contributed by atoms with Crippen molar-refractivity contribution < 1.29 is 14.7 Å². The Morgan fingerprint density at radius 2 is 1.89 bits per heavy atom. The van der Waals surface area contributed by atoms with Crippen LogP contribution in [0.1, 0.15) is 20.3 Å². The Morgan fingerprint density at radius 1 is 1.28 bits per heavy atom. The summed E-state index contributed by atoms with van der Waals surface area (Å²) in [5, 5.41) is 9.06. The van der Waals surface area contributed by atoms with E-state index in [0.29, 0.717) is 19.0 Å². The van der Waals surface area contributed by atoms with Crippen LogP contribution in [0, 0.1) is 23.7 Å². The zero-order chi connectivity index (χ0) is 13.4. The van der Waals surface area contributed by atoms with E-state index < -0.39 is 11.9 Å². The number of amides is 2. The molecule has 4 unspecified atom stereocenters. The van der Waals surface area contributed by atoms with Crippen LogP contribution >= 0.6 is 0 Å². The van der Waals surface area contributed by atoms with E-state index in [1.54, 1.807) is 9.80 Å². The fourth-order valence-corrected chi connectivity index (χ4v) is 2.77. The van der Waals surface area contributed by atoms with Crippen LogP contribution in [0.5, 0.6) is 0 Å². The molecule has 1 saturated carbocycles. The number of carbonyl (C=O) groups excluding carboxylic acids is 1. The van der Waals surface area contributed by atoms with Gasteiger partial charge in [0.15, 0.2) is 0 Å². The van der Waals surface area contributed by atoms with E-state index in [1.165, 1.54) is 6.42 Å². The molecule has 2 aliphatic rings. The number of likely N-dealkylation sites (tertiary alicyclic amines) is 1. The Kier molecular flexibility index (Phi) is 3.50. The van der Waals surface area contributed by atoms with Crippen molar-refractivity contribution >= 4 is 12.0 Å². The zero-order valence-electron chi connectivity index (χ0n) is 11.3. The van der Waals surface area contributed by atoms with Gasteiger partial charge in [-0.05, 0) is 24.2 Å². The third-order valence-corrected chi connectivity index (χ3v) is 4.31. The monoisotopic (exact) mass is 254 g/mol. The van der Waals surface area contributed by atoms with E-state index in [2.05, 4.69) is 6.92 Å². The largest absolute Gasteiger partial charge is 0.481 e. The first kappa shape index (κ1) is 13.2. The minimum Gasteiger partial charge on any atom is -0.481 e. The lowest BCUT2D eigenvalue weighted by Crippen LogP contribution is -2.41. The molecule has 0 radical (unpaired) electrons. The molecule has 0 aromatic carbocycles. The molecule has 2 amide bonds.